The van der Waals surface area contributed by atoms with Crippen molar-refractivity contribution in [3.63, 3.8) is 0 Å². The average molecular weight is 358 g/mol. The van der Waals surface area contributed by atoms with Gasteiger partial charge in [0.15, 0.2) is 5.16 Å². The highest BCUT2D eigenvalue weighted by atomic mass is 127. The molecule has 0 aliphatic rings. The van der Waals surface area contributed by atoms with Crippen LogP contribution in [0.5, 0.6) is 0 Å². The van der Waals surface area contributed by atoms with Crippen LogP contribution in [0.25, 0.3) is 10.9 Å². The third-order valence-corrected chi connectivity index (χ3v) is 4.02. The van der Waals surface area contributed by atoms with E-state index >= 15 is 0 Å². The van der Waals surface area contributed by atoms with Gasteiger partial charge in [0.05, 0.1) is 10.9 Å². The zero-order chi connectivity index (χ0) is 12.4. The lowest BCUT2D eigenvalue weighted by Crippen LogP contribution is -2.20. The van der Waals surface area contributed by atoms with E-state index in [1.165, 1.54) is 11.8 Å². The van der Waals surface area contributed by atoms with E-state index in [1.807, 2.05) is 18.2 Å². The van der Waals surface area contributed by atoms with Gasteiger partial charge in [0.1, 0.15) is 0 Å². The van der Waals surface area contributed by atoms with Gasteiger partial charge in [0.25, 0.3) is 5.56 Å². The maximum atomic E-state index is 12.1. The topological polar surface area (TPSA) is 34.9 Å². The molecule has 88 valence electrons. The predicted octanol–water partition coefficient (Wildman–Crippen LogP) is 2.82. The summed E-state index contributed by atoms with van der Waals surface area (Å²) in [6, 6.07) is 5.71. The Morgan fingerprint density at radius 3 is 3.06 bits per heavy atom. The van der Waals surface area contributed by atoms with E-state index in [9.17, 15) is 4.79 Å². The second-order valence-corrected chi connectivity index (χ2v) is 5.75. The maximum absolute atomic E-state index is 12.1. The van der Waals surface area contributed by atoms with E-state index in [0.717, 1.165) is 20.0 Å². The molecular formula is C12H11IN2OS. The van der Waals surface area contributed by atoms with Crippen LogP contribution < -0.4 is 5.56 Å². The van der Waals surface area contributed by atoms with Crippen LogP contribution in [-0.4, -0.2) is 15.3 Å². The van der Waals surface area contributed by atoms with Gasteiger partial charge >= 0.3 is 0 Å². The van der Waals surface area contributed by atoms with Crippen molar-refractivity contribution in [3.8, 4) is 0 Å². The Balaban J connectivity index is 2.66. The summed E-state index contributed by atoms with van der Waals surface area (Å²) in [5, 5.41) is 1.39. The first-order valence-electron chi connectivity index (χ1n) is 5.03. The fourth-order valence-corrected chi connectivity index (χ4v) is 2.68. The molecule has 5 heteroatoms. The Hall–Kier alpha value is -0.820. The summed E-state index contributed by atoms with van der Waals surface area (Å²) in [7, 11) is 1.75. The molecule has 0 N–H and O–H groups in total. The van der Waals surface area contributed by atoms with E-state index in [4.69, 9.17) is 0 Å². The summed E-state index contributed by atoms with van der Waals surface area (Å²) in [6.07, 6.45) is 1.80. The van der Waals surface area contributed by atoms with Crippen molar-refractivity contribution in [1.29, 1.82) is 0 Å². The van der Waals surface area contributed by atoms with Crippen LogP contribution in [0.1, 0.15) is 0 Å². The minimum absolute atomic E-state index is 0.0000724. The molecule has 0 atom stereocenters. The van der Waals surface area contributed by atoms with Gasteiger partial charge in [-0.2, -0.15) is 0 Å². The van der Waals surface area contributed by atoms with Crippen LogP contribution in [-0.2, 0) is 7.05 Å². The lowest BCUT2D eigenvalue weighted by atomic mass is 10.2. The maximum Gasteiger partial charge on any atom is 0.261 e. The highest BCUT2D eigenvalue weighted by Crippen LogP contribution is 2.18. The molecule has 0 saturated heterocycles. The second kappa shape index (κ2) is 5.22. The number of thioether (sulfide) groups is 1. The lowest BCUT2D eigenvalue weighted by molar-refractivity contribution is 0.727. The molecule has 0 radical (unpaired) electrons. The average Bonchev–Trinajstić information content (AvgIpc) is 2.33. The van der Waals surface area contributed by atoms with Gasteiger partial charge in [0, 0.05) is 16.4 Å². The van der Waals surface area contributed by atoms with Crippen molar-refractivity contribution < 1.29 is 0 Å². The molecule has 1 heterocycles. The molecule has 17 heavy (non-hydrogen) atoms. The van der Waals surface area contributed by atoms with Crippen molar-refractivity contribution >= 4 is 45.3 Å². The molecule has 0 spiro atoms. The van der Waals surface area contributed by atoms with Crippen LogP contribution in [0.4, 0.5) is 0 Å². The first-order valence-corrected chi connectivity index (χ1v) is 7.10. The molecule has 0 aliphatic heterocycles. The third-order valence-electron chi connectivity index (χ3n) is 2.33. The normalized spacial score (nSPS) is 10.7. The molecule has 3 nitrogen and oxygen atoms in total. The lowest BCUT2D eigenvalue weighted by Gasteiger charge is -2.07. The predicted molar refractivity (Wildman–Crippen MR) is 80.6 cm³/mol. The zero-order valence-corrected chi connectivity index (χ0v) is 12.3. The summed E-state index contributed by atoms with van der Waals surface area (Å²) in [4.78, 5) is 16.6. The summed E-state index contributed by atoms with van der Waals surface area (Å²) < 4.78 is 2.63. The molecule has 0 fully saturated rings. The van der Waals surface area contributed by atoms with Gasteiger partial charge in [0.2, 0.25) is 0 Å². The van der Waals surface area contributed by atoms with Gasteiger partial charge in [-0.05, 0) is 40.8 Å². The van der Waals surface area contributed by atoms with Gasteiger partial charge < -0.3 is 0 Å². The van der Waals surface area contributed by atoms with Crippen molar-refractivity contribution in [2.45, 2.75) is 5.16 Å². The minimum Gasteiger partial charge on any atom is -0.290 e. The first kappa shape index (κ1) is 12.6. The highest BCUT2D eigenvalue weighted by Gasteiger charge is 2.08. The largest absolute Gasteiger partial charge is 0.290 e. The number of halogens is 1. The molecule has 1 aromatic carbocycles. The van der Waals surface area contributed by atoms with Gasteiger partial charge in [-0.15, -0.1) is 6.58 Å². The van der Waals surface area contributed by atoms with Gasteiger partial charge in [-0.1, -0.05) is 17.8 Å². The van der Waals surface area contributed by atoms with E-state index in [-0.39, 0.29) is 5.56 Å². The Morgan fingerprint density at radius 2 is 2.35 bits per heavy atom. The van der Waals surface area contributed by atoms with E-state index in [1.54, 1.807) is 17.7 Å². The number of fused-ring (bicyclic) bond motifs is 1. The zero-order valence-electron chi connectivity index (χ0n) is 9.31. The molecule has 0 unspecified atom stereocenters. The summed E-state index contributed by atoms with van der Waals surface area (Å²) in [6.45, 7) is 3.66. The summed E-state index contributed by atoms with van der Waals surface area (Å²) in [5.41, 5.74) is 0.750. The fraction of sp³-hybridized carbons (Fsp3) is 0.167. The van der Waals surface area contributed by atoms with E-state index in [0.29, 0.717) is 5.39 Å². The van der Waals surface area contributed by atoms with Crippen LogP contribution in [0.15, 0.2) is 40.8 Å². The van der Waals surface area contributed by atoms with Gasteiger partial charge in [-0.3, -0.25) is 9.36 Å². The number of rotatable bonds is 3. The molecule has 0 aliphatic carbocycles. The van der Waals surface area contributed by atoms with Crippen LogP contribution >= 0.6 is 34.4 Å². The smallest absolute Gasteiger partial charge is 0.261 e. The minimum atomic E-state index is 0.0000724. The second-order valence-electron chi connectivity index (χ2n) is 3.52. The quantitative estimate of drug-likeness (QED) is 0.366. The monoisotopic (exact) mass is 358 g/mol. The third kappa shape index (κ3) is 2.55. The molecular weight excluding hydrogens is 347 g/mol. The van der Waals surface area contributed by atoms with Crippen LogP contribution in [0.3, 0.4) is 0 Å². The Morgan fingerprint density at radius 1 is 1.59 bits per heavy atom. The highest BCUT2D eigenvalue weighted by molar-refractivity contribution is 14.1. The number of aromatic nitrogens is 2. The number of nitrogens with zero attached hydrogens (tertiary/aromatic N) is 2. The van der Waals surface area contributed by atoms with E-state index in [2.05, 4.69) is 34.2 Å². The van der Waals surface area contributed by atoms with E-state index < -0.39 is 0 Å². The van der Waals surface area contributed by atoms with Crippen molar-refractivity contribution in [3.05, 3.63) is 44.8 Å². The van der Waals surface area contributed by atoms with Crippen LogP contribution in [0.2, 0.25) is 0 Å². The Bertz CT molecular complexity index is 636. The summed E-state index contributed by atoms with van der Waals surface area (Å²) in [5.74, 6) is 0.746. The van der Waals surface area contributed by atoms with Crippen LogP contribution in [0, 0.1) is 3.57 Å². The Kier molecular flexibility index (Phi) is 3.88. The first-order chi connectivity index (χ1) is 8.13. The number of benzene rings is 1. The van der Waals surface area contributed by atoms with Crippen molar-refractivity contribution in [2.75, 3.05) is 5.75 Å². The molecule has 0 saturated carbocycles. The number of hydrogen-bond donors (Lipinski definition) is 0. The molecule has 0 bridgehead atoms. The molecule has 0 amide bonds. The van der Waals surface area contributed by atoms with Crippen molar-refractivity contribution in [1.82, 2.24) is 9.55 Å². The molecule has 1 aromatic heterocycles. The fourth-order valence-electron chi connectivity index (χ4n) is 1.49. The molecule has 2 aromatic rings. The number of hydrogen-bond acceptors (Lipinski definition) is 3. The van der Waals surface area contributed by atoms with Gasteiger partial charge in [-0.25, -0.2) is 4.98 Å². The Labute approximate surface area is 117 Å². The summed E-state index contributed by atoms with van der Waals surface area (Å²) >= 11 is 3.71. The van der Waals surface area contributed by atoms with Crippen molar-refractivity contribution in [2.24, 2.45) is 7.05 Å². The SMILES string of the molecule is C=CCSc1nc2ccc(I)cc2c(=O)n1C. The molecule has 2 rings (SSSR count). The standard InChI is InChI=1S/C12H11IN2OS/c1-3-6-17-12-14-10-5-4-8(13)7-9(10)11(16)15(12)2/h3-5,7H,1,6H2,2H3.